The lowest BCUT2D eigenvalue weighted by Gasteiger charge is -2.33. The number of rotatable bonds is 4. The fourth-order valence-electron chi connectivity index (χ4n) is 4.62. The molecular formula is C14H22N4O6S. The fourth-order valence-corrected chi connectivity index (χ4v) is 5.01. The van der Waals surface area contributed by atoms with Crippen molar-refractivity contribution in [2.45, 2.75) is 56.3 Å². The van der Waals surface area contributed by atoms with Crippen molar-refractivity contribution in [2.24, 2.45) is 5.92 Å². The minimum Gasteiger partial charge on any atom is -0.352 e. The number of amides is 3. The highest BCUT2D eigenvalue weighted by molar-refractivity contribution is 7.80. The third-order valence-electron chi connectivity index (χ3n) is 5.65. The quantitative estimate of drug-likeness (QED) is 0.552. The Kier molecular flexibility index (Phi) is 4.13. The zero-order valence-electron chi connectivity index (χ0n) is 13.6. The van der Waals surface area contributed by atoms with Gasteiger partial charge in [0.25, 0.3) is 0 Å². The number of hydrogen-bond acceptors (Lipinski definition) is 6. The Morgan fingerprint density at radius 2 is 2.08 bits per heavy atom. The van der Waals surface area contributed by atoms with Crippen molar-refractivity contribution in [2.75, 3.05) is 13.1 Å². The van der Waals surface area contributed by atoms with Gasteiger partial charge in [0.2, 0.25) is 5.91 Å². The lowest BCUT2D eigenvalue weighted by molar-refractivity contribution is -0.127. The fraction of sp³-hybridized carbons (Fsp3) is 0.857. The second kappa shape index (κ2) is 6.08. The summed E-state index contributed by atoms with van der Waals surface area (Å²) in [4.78, 5) is 26.3. The third-order valence-corrected chi connectivity index (χ3v) is 6.00. The molecule has 0 aromatic rings. The predicted molar refractivity (Wildman–Crippen MR) is 84.4 cm³/mol. The molecule has 3 N–H and O–H groups in total. The molecule has 2 unspecified atom stereocenters. The molecular weight excluding hydrogens is 352 g/mol. The molecule has 0 aromatic heterocycles. The van der Waals surface area contributed by atoms with Gasteiger partial charge in [-0.2, -0.15) is 13.5 Å². The molecule has 1 aliphatic carbocycles. The van der Waals surface area contributed by atoms with E-state index in [1.165, 1.54) is 4.90 Å². The van der Waals surface area contributed by atoms with E-state index >= 15 is 0 Å². The van der Waals surface area contributed by atoms with Crippen molar-refractivity contribution < 1.29 is 26.8 Å². The first-order valence-electron chi connectivity index (χ1n) is 8.61. The van der Waals surface area contributed by atoms with Gasteiger partial charge in [-0.25, -0.2) is 4.79 Å². The Bertz CT molecular complexity index is 673. The Morgan fingerprint density at radius 1 is 1.28 bits per heavy atom. The maximum absolute atomic E-state index is 12.7. The highest BCUT2D eigenvalue weighted by atomic mass is 32.3. The number of nitrogens with one attached hydrogen (secondary N) is 2. The second-order valence-corrected chi connectivity index (χ2v) is 8.40. The van der Waals surface area contributed by atoms with Gasteiger partial charge in [-0.3, -0.25) is 9.35 Å². The number of urea groups is 1. The Hall–Kier alpha value is -1.43. The molecule has 1 saturated carbocycles. The van der Waals surface area contributed by atoms with Crippen LogP contribution in [0, 0.1) is 5.92 Å². The van der Waals surface area contributed by atoms with Crippen LogP contribution in [0.3, 0.4) is 0 Å². The van der Waals surface area contributed by atoms with Crippen LogP contribution in [0.15, 0.2) is 0 Å². The molecule has 0 spiro atoms. The Labute approximate surface area is 145 Å². The summed E-state index contributed by atoms with van der Waals surface area (Å²) in [6, 6.07) is -1.26. The molecule has 0 radical (unpaired) electrons. The van der Waals surface area contributed by atoms with Crippen LogP contribution in [-0.2, 0) is 19.5 Å². The van der Waals surface area contributed by atoms with Gasteiger partial charge >= 0.3 is 16.4 Å². The molecule has 3 saturated heterocycles. The van der Waals surface area contributed by atoms with Crippen molar-refractivity contribution in [3.05, 3.63) is 0 Å². The van der Waals surface area contributed by atoms with Gasteiger partial charge in [0.05, 0.1) is 6.04 Å². The van der Waals surface area contributed by atoms with Crippen LogP contribution < -0.4 is 10.6 Å². The molecule has 10 nitrogen and oxygen atoms in total. The number of hydrogen-bond donors (Lipinski definition) is 3. The van der Waals surface area contributed by atoms with E-state index in [9.17, 15) is 18.0 Å². The van der Waals surface area contributed by atoms with E-state index in [0.717, 1.165) is 25.8 Å². The molecule has 5 atom stereocenters. The zero-order chi connectivity index (χ0) is 17.8. The summed E-state index contributed by atoms with van der Waals surface area (Å²) in [5.41, 5.74) is 0. The summed E-state index contributed by atoms with van der Waals surface area (Å²) >= 11 is 0. The number of piperidine rings is 1. The SMILES string of the molecule is O=C(N[C@@H]1CC2CNC(C2)C1)[C@@H]1CC[C@@H]2CN1C(=O)N2OS(=O)(=O)O. The molecule has 4 fully saturated rings. The van der Waals surface area contributed by atoms with Gasteiger partial charge in [0, 0.05) is 18.6 Å². The molecule has 3 heterocycles. The summed E-state index contributed by atoms with van der Waals surface area (Å²) < 4.78 is 35.0. The van der Waals surface area contributed by atoms with Crippen LogP contribution in [0.4, 0.5) is 4.79 Å². The van der Waals surface area contributed by atoms with E-state index in [4.69, 9.17) is 4.55 Å². The van der Waals surface area contributed by atoms with Gasteiger partial charge in [-0.1, -0.05) is 0 Å². The normalized spacial score (nSPS) is 37.5. The van der Waals surface area contributed by atoms with Crippen molar-refractivity contribution in [3.63, 3.8) is 0 Å². The van der Waals surface area contributed by atoms with Crippen molar-refractivity contribution >= 4 is 22.3 Å². The topological polar surface area (TPSA) is 128 Å². The van der Waals surface area contributed by atoms with Crippen LogP contribution in [-0.4, -0.2) is 72.1 Å². The number of hydroxylamine groups is 2. The molecule has 140 valence electrons. The first-order chi connectivity index (χ1) is 11.8. The minimum absolute atomic E-state index is 0.104. The number of carbonyl (C=O) groups is 2. The summed E-state index contributed by atoms with van der Waals surface area (Å²) in [5, 5.41) is 7.16. The lowest BCUT2D eigenvalue weighted by atomic mass is 9.86. The van der Waals surface area contributed by atoms with Crippen LogP contribution in [0.1, 0.15) is 32.1 Å². The predicted octanol–water partition coefficient (Wildman–Crippen LogP) is -0.754. The number of nitrogens with zero attached hydrogens (tertiary/aromatic N) is 2. The average Bonchev–Trinajstić information content (AvgIpc) is 2.98. The van der Waals surface area contributed by atoms with E-state index in [1.807, 2.05) is 0 Å². The smallest absolute Gasteiger partial charge is 0.352 e. The van der Waals surface area contributed by atoms with E-state index in [2.05, 4.69) is 14.9 Å². The number of fused-ring (bicyclic) bond motifs is 4. The highest BCUT2D eigenvalue weighted by Gasteiger charge is 2.49. The van der Waals surface area contributed by atoms with Gasteiger partial charge < -0.3 is 15.5 Å². The van der Waals surface area contributed by atoms with Crippen molar-refractivity contribution in [1.82, 2.24) is 20.6 Å². The molecule has 0 aromatic carbocycles. The lowest BCUT2D eigenvalue weighted by Crippen LogP contribution is -2.53. The van der Waals surface area contributed by atoms with Crippen LogP contribution in [0.2, 0.25) is 0 Å². The average molecular weight is 374 g/mol. The number of carbonyl (C=O) groups excluding carboxylic acids is 2. The maximum Gasteiger partial charge on any atom is 0.418 e. The van der Waals surface area contributed by atoms with E-state index in [1.54, 1.807) is 0 Å². The summed E-state index contributed by atoms with van der Waals surface area (Å²) in [7, 11) is -4.77. The van der Waals surface area contributed by atoms with E-state index in [-0.39, 0.29) is 18.5 Å². The molecule has 25 heavy (non-hydrogen) atoms. The van der Waals surface area contributed by atoms with Gasteiger partial charge in [0.1, 0.15) is 6.04 Å². The van der Waals surface area contributed by atoms with Gasteiger partial charge in [-0.15, -0.1) is 4.28 Å². The molecule has 4 bridgehead atoms. The molecule has 4 aliphatic rings. The van der Waals surface area contributed by atoms with Gasteiger partial charge in [-0.05, 0) is 44.6 Å². The first-order valence-corrected chi connectivity index (χ1v) is 9.97. The third kappa shape index (κ3) is 3.33. The van der Waals surface area contributed by atoms with Crippen molar-refractivity contribution in [1.29, 1.82) is 0 Å². The Balaban J connectivity index is 1.40. The zero-order valence-corrected chi connectivity index (χ0v) is 14.4. The summed E-state index contributed by atoms with van der Waals surface area (Å²) in [6.45, 7) is 1.21. The van der Waals surface area contributed by atoms with E-state index < -0.39 is 28.5 Å². The Morgan fingerprint density at radius 3 is 2.80 bits per heavy atom. The maximum atomic E-state index is 12.7. The largest absolute Gasteiger partial charge is 0.418 e. The first kappa shape index (κ1) is 17.0. The van der Waals surface area contributed by atoms with Crippen molar-refractivity contribution in [3.8, 4) is 0 Å². The highest BCUT2D eigenvalue weighted by Crippen LogP contribution is 2.32. The molecule has 3 aliphatic heterocycles. The monoisotopic (exact) mass is 374 g/mol. The summed E-state index contributed by atoms with van der Waals surface area (Å²) in [5.74, 6) is 0.388. The molecule has 3 amide bonds. The second-order valence-electron chi connectivity index (χ2n) is 7.39. The summed E-state index contributed by atoms with van der Waals surface area (Å²) in [6.07, 6.45) is 3.86. The van der Waals surface area contributed by atoms with Gasteiger partial charge in [0.15, 0.2) is 0 Å². The molecule has 11 heteroatoms. The minimum atomic E-state index is -4.77. The standard InChI is InChI=1S/C14H22N4O6S/c19-13(16-10-4-8-3-9(5-10)15-6-8)12-2-1-11-7-17(12)14(20)18(11)24-25(21,22)23/h8-12,15H,1-7H2,(H,16,19)(H,21,22,23)/t8?,9?,10-,11-,12+/m1/s1. The van der Waals surface area contributed by atoms with Crippen LogP contribution in [0.25, 0.3) is 0 Å². The van der Waals surface area contributed by atoms with Crippen LogP contribution >= 0.6 is 0 Å². The van der Waals surface area contributed by atoms with E-state index in [0.29, 0.717) is 29.9 Å². The van der Waals surface area contributed by atoms with Crippen LogP contribution in [0.5, 0.6) is 0 Å². The molecule has 4 rings (SSSR count).